The van der Waals surface area contributed by atoms with Crippen molar-refractivity contribution in [1.29, 1.82) is 0 Å². The van der Waals surface area contributed by atoms with E-state index in [1.807, 2.05) is 6.07 Å². The van der Waals surface area contributed by atoms with E-state index in [0.29, 0.717) is 19.8 Å². The zero-order chi connectivity index (χ0) is 14.8. The van der Waals surface area contributed by atoms with Gasteiger partial charge in [0.05, 0.1) is 19.8 Å². The van der Waals surface area contributed by atoms with Gasteiger partial charge in [-0.05, 0) is 32.9 Å². The lowest BCUT2D eigenvalue weighted by molar-refractivity contribution is 0.0702. The lowest BCUT2D eigenvalue weighted by Gasteiger charge is -2.19. The molecule has 1 atom stereocenters. The van der Waals surface area contributed by atoms with Crippen molar-refractivity contribution < 1.29 is 14.6 Å². The van der Waals surface area contributed by atoms with Crippen LogP contribution in [0.2, 0.25) is 0 Å². The van der Waals surface area contributed by atoms with Crippen LogP contribution in [0.1, 0.15) is 37.4 Å². The Kier molecular flexibility index (Phi) is 8.26. The summed E-state index contributed by atoms with van der Waals surface area (Å²) in [5, 5.41) is 12.1. The lowest BCUT2D eigenvalue weighted by Crippen LogP contribution is -2.20. The Labute approximate surface area is 122 Å². The minimum atomic E-state index is 0.0494. The molecule has 0 amide bonds. The molecular formula is C16H27NO3. The van der Waals surface area contributed by atoms with Crippen LogP contribution < -0.4 is 10.1 Å². The van der Waals surface area contributed by atoms with Gasteiger partial charge < -0.3 is 19.9 Å². The molecule has 0 aliphatic rings. The molecule has 0 fully saturated rings. The fourth-order valence-electron chi connectivity index (χ4n) is 1.99. The smallest absolute Gasteiger partial charge is 0.124 e. The highest BCUT2D eigenvalue weighted by molar-refractivity contribution is 5.39. The quantitative estimate of drug-likeness (QED) is 0.647. The zero-order valence-electron chi connectivity index (χ0n) is 12.8. The number of aryl methyl sites for hydroxylation is 1. The van der Waals surface area contributed by atoms with E-state index in [1.165, 1.54) is 11.1 Å². The standard InChI is InChI=1S/C16H27NO3/c1-4-7-17-14(3)15-12-13(2)5-6-16(15)20-11-10-19-9-8-18/h5-6,12,14,17-18H,4,7-11H2,1-3H3. The van der Waals surface area contributed by atoms with Gasteiger partial charge in [0, 0.05) is 11.6 Å². The lowest BCUT2D eigenvalue weighted by atomic mass is 10.0. The normalized spacial score (nSPS) is 12.4. The van der Waals surface area contributed by atoms with Crippen LogP contribution in [0.4, 0.5) is 0 Å². The van der Waals surface area contributed by atoms with E-state index in [1.54, 1.807) is 0 Å². The van der Waals surface area contributed by atoms with E-state index in [-0.39, 0.29) is 12.6 Å². The molecule has 1 rings (SSSR count). The second-order valence-electron chi connectivity index (χ2n) is 4.90. The average Bonchev–Trinajstić information content (AvgIpc) is 2.45. The molecule has 1 aromatic rings. The zero-order valence-corrected chi connectivity index (χ0v) is 12.8. The summed E-state index contributed by atoms with van der Waals surface area (Å²) in [5.41, 5.74) is 2.41. The van der Waals surface area contributed by atoms with E-state index < -0.39 is 0 Å². The number of nitrogens with one attached hydrogen (secondary N) is 1. The van der Waals surface area contributed by atoms with Gasteiger partial charge in [-0.2, -0.15) is 0 Å². The second kappa shape index (κ2) is 9.75. The maximum absolute atomic E-state index is 8.64. The Balaban J connectivity index is 2.59. The summed E-state index contributed by atoms with van der Waals surface area (Å²) < 4.78 is 11.0. The Hall–Kier alpha value is -1.10. The van der Waals surface area contributed by atoms with Crippen LogP contribution in [0, 0.1) is 6.92 Å². The molecule has 1 unspecified atom stereocenters. The van der Waals surface area contributed by atoms with Crippen molar-refractivity contribution in [2.45, 2.75) is 33.2 Å². The third-order valence-corrected chi connectivity index (χ3v) is 3.05. The third kappa shape index (κ3) is 5.90. The van der Waals surface area contributed by atoms with Gasteiger partial charge in [-0.3, -0.25) is 0 Å². The largest absolute Gasteiger partial charge is 0.491 e. The minimum absolute atomic E-state index is 0.0494. The molecule has 1 aromatic carbocycles. The Morgan fingerprint density at radius 1 is 1.25 bits per heavy atom. The van der Waals surface area contributed by atoms with Gasteiger partial charge in [0.25, 0.3) is 0 Å². The summed E-state index contributed by atoms with van der Waals surface area (Å²) in [6, 6.07) is 6.50. The van der Waals surface area contributed by atoms with Crippen LogP contribution in [0.25, 0.3) is 0 Å². The molecule has 2 N–H and O–H groups in total. The number of rotatable bonds is 10. The van der Waals surface area contributed by atoms with E-state index in [4.69, 9.17) is 14.6 Å². The number of ether oxygens (including phenoxy) is 2. The Morgan fingerprint density at radius 2 is 2.05 bits per heavy atom. The number of aliphatic hydroxyl groups excluding tert-OH is 1. The van der Waals surface area contributed by atoms with E-state index >= 15 is 0 Å². The molecule has 0 saturated heterocycles. The first-order chi connectivity index (χ1) is 9.69. The molecule has 0 heterocycles. The summed E-state index contributed by atoms with van der Waals surface area (Å²) in [6.07, 6.45) is 1.11. The van der Waals surface area contributed by atoms with Gasteiger partial charge in [-0.25, -0.2) is 0 Å². The van der Waals surface area contributed by atoms with Crippen LogP contribution >= 0.6 is 0 Å². The summed E-state index contributed by atoms with van der Waals surface area (Å²) in [4.78, 5) is 0. The van der Waals surface area contributed by atoms with Crippen LogP contribution in [0.3, 0.4) is 0 Å². The SMILES string of the molecule is CCCNC(C)c1cc(C)ccc1OCCOCCO. The summed E-state index contributed by atoms with van der Waals surface area (Å²) >= 11 is 0. The predicted octanol–water partition coefficient (Wildman–Crippen LogP) is 2.44. The molecule has 0 aliphatic heterocycles. The molecular weight excluding hydrogens is 254 g/mol. The molecule has 0 saturated carbocycles. The van der Waals surface area contributed by atoms with Crippen molar-refractivity contribution >= 4 is 0 Å². The van der Waals surface area contributed by atoms with Gasteiger partial charge in [0.1, 0.15) is 12.4 Å². The maximum Gasteiger partial charge on any atom is 0.124 e. The van der Waals surface area contributed by atoms with Gasteiger partial charge in [0.2, 0.25) is 0 Å². The Morgan fingerprint density at radius 3 is 2.75 bits per heavy atom. The van der Waals surface area contributed by atoms with E-state index in [0.717, 1.165) is 18.7 Å². The van der Waals surface area contributed by atoms with Crippen molar-refractivity contribution in [2.24, 2.45) is 0 Å². The summed E-state index contributed by atoms with van der Waals surface area (Å²) in [5.74, 6) is 0.902. The first-order valence-corrected chi connectivity index (χ1v) is 7.34. The van der Waals surface area contributed by atoms with Crippen molar-refractivity contribution in [3.8, 4) is 5.75 Å². The van der Waals surface area contributed by atoms with Crippen LogP contribution in [0.15, 0.2) is 18.2 Å². The second-order valence-corrected chi connectivity index (χ2v) is 4.90. The molecule has 0 radical (unpaired) electrons. The Bertz CT molecular complexity index is 382. The van der Waals surface area contributed by atoms with Crippen molar-refractivity contribution in [3.63, 3.8) is 0 Å². The summed E-state index contributed by atoms with van der Waals surface area (Å²) in [6.45, 7) is 8.79. The predicted molar refractivity (Wildman–Crippen MR) is 81.3 cm³/mol. The molecule has 0 aliphatic carbocycles. The third-order valence-electron chi connectivity index (χ3n) is 3.05. The van der Waals surface area contributed by atoms with Crippen molar-refractivity contribution in [3.05, 3.63) is 29.3 Å². The van der Waals surface area contributed by atoms with Crippen molar-refractivity contribution in [1.82, 2.24) is 5.32 Å². The number of aliphatic hydroxyl groups is 1. The highest BCUT2D eigenvalue weighted by Crippen LogP contribution is 2.26. The first kappa shape index (κ1) is 17.0. The maximum atomic E-state index is 8.64. The van der Waals surface area contributed by atoms with E-state index in [9.17, 15) is 0 Å². The fourth-order valence-corrected chi connectivity index (χ4v) is 1.99. The van der Waals surface area contributed by atoms with Crippen LogP contribution in [0.5, 0.6) is 5.75 Å². The fraction of sp³-hybridized carbons (Fsp3) is 0.625. The van der Waals surface area contributed by atoms with Gasteiger partial charge in [-0.15, -0.1) is 0 Å². The number of benzene rings is 1. The molecule has 0 spiro atoms. The molecule has 0 aromatic heterocycles. The highest BCUT2D eigenvalue weighted by Gasteiger charge is 2.11. The monoisotopic (exact) mass is 281 g/mol. The van der Waals surface area contributed by atoms with Crippen LogP contribution in [-0.2, 0) is 4.74 Å². The van der Waals surface area contributed by atoms with E-state index in [2.05, 4.69) is 38.2 Å². The molecule has 114 valence electrons. The highest BCUT2D eigenvalue weighted by atomic mass is 16.5. The molecule has 0 bridgehead atoms. The molecule has 20 heavy (non-hydrogen) atoms. The topological polar surface area (TPSA) is 50.7 Å². The minimum Gasteiger partial charge on any atom is -0.491 e. The summed E-state index contributed by atoms with van der Waals surface area (Å²) in [7, 11) is 0. The number of hydrogen-bond acceptors (Lipinski definition) is 4. The van der Waals surface area contributed by atoms with Crippen molar-refractivity contribution in [2.75, 3.05) is 33.0 Å². The van der Waals surface area contributed by atoms with Gasteiger partial charge >= 0.3 is 0 Å². The first-order valence-electron chi connectivity index (χ1n) is 7.34. The van der Waals surface area contributed by atoms with Crippen LogP contribution in [-0.4, -0.2) is 38.1 Å². The number of hydrogen-bond donors (Lipinski definition) is 2. The molecule has 4 nitrogen and oxygen atoms in total. The van der Waals surface area contributed by atoms with Gasteiger partial charge in [-0.1, -0.05) is 24.6 Å². The molecule has 4 heteroatoms. The average molecular weight is 281 g/mol. The van der Waals surface area contributed by atoms with Gasteiger partial charge in [0.15, 0.2) is 0 Å².